The third-order valence-corrected chi connectivity index (χ3v) is 3.81. The fraction of sp³-hybridized carbons (Fsp3) is 0.167. The number of nitrogens with zero attached hydrogens (tertiary/aromatic N) is 4. The third-order valence-electron chi connectivity index (χ3n) is 2.90. The highest BCUT2D eigenvalue weighted by atomic mass is 32.2. The summed E-state index contributed by atoms with van der Waals surface area (Å²) in [5.41, 5.74) is 0.524. The number of nitro benzene ring substituents is 1. The maximum atomic E-state index is 11.3. The Morgan fingerprint density at radius 2 is 2.09 bits per heavy atom. The number of nitro groups is 1. The zero-order valence-electron chi connectivity index (χ0n) is 11.6. The summed E-state index contributed by atoms with van der Waals surface area (Å²) in [7, 11) is -2.37. The van der Waals surface area contributed by atoms with Crippen molar-refractivity contribution in [3.05, 3.63) is 52.6 Å². The van der Waals surface area contributed by atoms with Crippen LogP contribution in [0.1, 0.15) is 5.69 Å². The first-order chi connectivity index (χ1) is 10.3. The van der Waals surface area contributed by atoms with Gasteiger partial charge in [0.2, 0.25) is 10.0 Å². The van der Waals surface area contributed by atoms with Crippen LogP contribution >= 0.6 is 0 Å². The number of anilines is 1. The Bertz CT molecular complexity index is 794. The first kappa shape index (κ1) is 15.8. The molecule has 2 aromatic rings. The van der Waals surface area contributed by atoms with Gasteiger partial charge in [-0.15, -0.1) is 0 Å². The third kappa shape index (κ3) is 3.54. The lowest BCUT2D eigenvalue weighted by Gasteiger charge is -2.18. The molecule has 22 heavy (non-hydrogen) atoms. The predicted molar refractivity (Wildman–Crippen MR) is 78.6 cm³/mol. The first-order valence-corrected chi connectivity index (χ1v) is 7.61. The molecule has 0 aliphatic carbocycles. The van der Waals surface area contributed by atoms with E-state index in [2.05, 4.69) is 9.97 Å². The highest BCUT2D eigenvalue weighted by Crippen LogP contribution is 2.30. The molecule has 1 aromatic carbocycles. The Morgan fingerprint density at radius 3 is 2.64 bits per heavy atom. The lowest BCUT2D eigenvalue weighted by atomic mass is 10.2. The Labute approximate surface area is 126 Å². The van der Waals surface area contributed by atoms with Crippen LogP contribution in [-0.4, -0.2) is 30.4 Å². The van der Waals surface area contributed by atoms with E-state index in [0.717, 1.165) is 6.07 Å². The molecule has 0 saturated carbocycles. The molecule has 2 N–H and O–H groups in total. The van der Waals surface area contributed by atoms with Crippen LogP contribution in [0.4, 0.5) is 11.4 Å². The number of benzene rings is 1. The summed E-state index contributed by atoms with van der Waals surface area (Å²) in [6, 6.07) is 3.51. The van der Waals surface area contributed by atoms with E-state index in [1.54, 1.807) is 18.1 Å². The van der Waals surface area contributed by atoms with Crippen LogP contribution in [0.5, 0.6) is 0 Å². The van der Waals surface area contributed by atoms with E-state index >= 15 is 0 Å². The van der Waals surface area contributed by atoms with Crippen LogP contribution in [0, 0.1) is 10.1 Å². The molecular weight excluding hydrogens is 310 g/mol. The molecule has 0 saturated heterocycles. The fourth-order valence-corrected chi connectivity index (χ4v) is 2.42. The van der Waals surface area contributed by atoms with Crippen molar-refractivity contribution >= 4 is 21.4 Å². The second kappa shape index (κ2) is 6.03. The predicted octanol–water partition coefficient (Wildman–Crippen LogP) is 0.669. The average molecular weight is 323 g/mol. The topological polar surface area (TPSA) is 132 Å². The summed E-state index contributed by atoms with van der Waals surface area (Å²) < 4.78 is 22.6. The molecule has 0 spiro atoms. The van der Waals surface area contributed by atoms with Gasteiger partial charge >= 0.3 is 0 Å². The van der Waals surface area contributed by atoms with Gasteiger partial charge in [-0.25, -0.2) is 13.6 Å². The molecule has 0 bridgehead atoms. The number of aromatic nitrogens is 2. The van der Waals surface area contributed by atoms with Crippen molar-refractivity contribution in [2.45, 2.75) is 11.4 Å². The summed E-state index contributed by atoms with van der Waals surface area (Å²) in [4.78, 5) is 19.8. The minimum atomic E-state index is -4.01. The van der Waals surface area contributed by atoms with E-state index < -0.39 is 14.9 Å². The van der Waals surface area contributed by atoms with Gasteiger partial charge in [-0.3, -0.25) is 20.1 Å². The molecule has 0 aliphatic heterocycles. The number of hydrogen-bond donors (Lipinski definition) is 1. The van der Waals surface area contributed by atoms with Crippen molar-refractivity contribution in [2.24, 2.45) is 5.14 Å². The standard InChI is InChI=1S/C12H13N5O4S/c1-16(8-9-7-14-4-5-15-9)11-3-2-10(22(13,20)21)6-12(11)17(18)19/h2-7H,8H2,1H3,(H2,13,20,21). The Kier molecular flexibility index (Phi) is 4.33. The molecule has 0 amide bonds. The van der Waals surface area contributed by atoms with Gasteiger partial charge in [0.1, 0.15) is 5.69 Å². The van der Waals surface area contributed by atoms with Crippen molar-refractivity contribution in [2.75, 3.05) is 11.9 Å². The first-order valence-electron chi connectivity index (χ1n) is 6.06. The molecule has 0 aliphatic rings. The van der Waals surface area contributed by atoms with E-state index in [-0.39, 0.29) is 22.8 Å². The van der Waals surface area contributed by atoms with Crippen LogP contribution in [0.2, 0.25) is 0 Å². The van der Waals surface area contributed by atoms with E-state index in [1.165, 1.54) is 24.5 Å². The normalized spacial score (nSPS) is 11.2. The molecule has 2 rings (SSSR count). The number of sulfonamides is 1. The Hall–Kier alpha value is -2.59. The smallest absolute Gasteiger partial charge is 0.293 e. The van der Waals surface area contributed by atoms with Gasteiger partial charge in [0.15, 0.2) is 0 Å². The molecule has 1 aromatic heterocycles. The van der Waals surface area contributed by atoms with Gasteiger partial charge in [-0.1, -0.05) is 0 Å². The molecule has 116 valence electrons. The quantitative estimate of drug-likeness (QED) is 0.631. The molecule has 0 atom stereocenters. The maximum Gasteiger partial charge on any atom is 0.293 e. The second-order valence-corrected chi connectivity index (χ2v) is 6.07. The van der Waals surface area contributed by atoms with Crippen molar-refractivity contribution < 1.29 is 13.3 Å². The largest absolute Gasteiger partial charge is 0.363 e. The van der Waals surface area contributed by atoms with Crippen molar-refractivity contribution in [3.63, 3.8) is 0 Å². The van der Waals surface area contributed by atoms with Crippen LogP contribution in [0.3, 0.4) is 0 Å². The zero-order valence-corrected chi connectivity index (χ0v) is 12.4. The minimum Gasteiger partial charge on any atom is -0.363 e. The van der Waals surface area contributed by atoms with Crippen LogP contribution in [0.25, 0.3) is 0 Å². The SMILES string of the molecule is CN(Cc1cnccn1)c1ccc(S(N)(=O)=O)cc1[N+](=O)[O-]. The van der Waals surface area contributed by atoms with Gasteiger partial charge in [0.25, 0.3) is 5.69 Å². The van der Waals surface area contributed by atoms with E-state index in [1.807, 2.05) is 0 Å². The van der Waals surface area contributed by atoms with Gasteiger partial charge < -0.3 is 4.90 Å². The molecule has 0 unspecified atom stereocenters. The van der Waals surface area contributed by atoms with Crippen LogP contribution in [-0.2, 0) is 16.6 Å². The monoisotopic (exact) mass is 323 g/mol. The summed E-state index contributed by atoms with van der Waals surface area (Å²) in [6.07, 6.45) is 4.58. The van der Waals surface area contributed by atoms with Gasteiger partial charge in [-0.05, 0) is 12.1 Å². The number of nitrogens with two attached hydrogens (primary N) is 1. The van der Waals surface area contributed by atoms with Crippen molar-refractivity contribution in [1.82, 2.24) is 9.97 Å². The number of rotatable bonds is 5. The van der Waals surface area contributed by atoms with Crippen molar-refractivity contribution in [3.8, 4) is 0 Å². The average Bonchev–Trinajstić information content (AvgIpc) is 2.46. The molecular formula is C12H13N5O4S. The van der Waals surface area contributed by atoms with Gasteiger partial charge in [-0.2, -0.15) is 0 Å². The van der Waals surface area contributed by atoms with E-state index in [4.69, 9.17) is 5.14 Å². The maximum absolute atomic E-state index is 11.3. The van der Waals surface area contributed by atoms with Crippen LogP contribution in [0.15, 0.2) is 41.7 Å². The fourth-order valence-electron chi connectivity index (χ4n) is 1.89. The highest BCUT2D eigenvalue weighted by molar-refractivity contribution is 7.89. The van der Waals surface area contributed by atoms with E-state index in [0.29, 0.717) is 5.69 Å². The van der Waals surface area contributed by atoms with Gasteiger partial charge in [0, 0.05) is 25.5 Å². The lowest BCUT2D eigenvalue weighted by molar-refractivity contribution is -0.384. The minimum absolute atomic E-state index is 0.253. The summed E-state index contributed by atoms with van der Waals surface area (Å²) in [5.74, 6) is 0. The molecule has 10 heteroatoms. The summed E-state index contributed by atoms with van der Waals surface area (Å²) >= 11 is 0. The molecule has 0 radical (unpaired) electrons. The number of primary sulfonamides is 1. The molecule has 0 fully saturated rings. The number of hydrogen-bond acceptors (Lipinski definition) is 7. The van der Waals surface area contributed by atoms with Crippen molar-refractivity contribution in [1.29, 1.82) is 0 Å². The second-order valence-electron chi connectivity index (χ2n) is 4.51. The Balaban J connectivity index is 2.40. The summed E-state index contributed by atoms with van der Waals surface area (Å²) in [6.45, 7) is 0.281. The van der Waals surface area contributed by atoms with Gasteiger partial charge in [0.05, 0.1) is 28.3 Å². The highest BCUT2D eigenvalue weighted by Gasteiger charge is 2.21. The van der Waals surface area contributed by atoms with E-state index in [9.17, 15) is 18.5 Å². The molecule has 1 heterocycles. The van der Waals surface area contributed by atoms with Crippen LogP contribution < -0.4 is 10.0 Å². The summed E-state index contributed by atoms with van der Waals surface area (Å²) in [5, 5.41) is 16.2. The zero-order chi connectivity index (χ0) is 16.3. The molecule has 9 nitrogen and oxygen atoms in total. The lowest BCUT2D eigenvalue weighted by Crippen LogP contribution is -2.19. The Morgan fingerprint density at radius 1 is 1.36 bits per heavy atom.